The van der Waals surface area contributed by atoms with E-state index in [0.717, 1.165) is 12.8 Å². The van der Waals surface area contributed by atoms with E-state index in [0.29, 0.717) is 29.8 Å². The molecule has 0 unspecified atom stereocenters. The van der Waals surface area contributed by atoms with Gasteiger partial charge in [0.05, 0.1) is 10.8 Å². The van der Waals surface area contributed by atoms with Gasteiger partial charge in [-0.3, -0.25) is 4.21 Å². The zero-order valence-corrected chi connectivity index (χ0v) is 15.2. The summed E-state index contributed by atoms with van der Waals surface area (Å²) in [5.41, 5.74) is -0.483. The third kappa shape index (κ3) is 5.73. The molecule has 1 fully saturated rings. The van der Waals surface area contributed by atoms with Gasteiger partial charge in [0, 0.05) is 18.8 Å². The second-order valence-corrected chi connectivity index (χ2v) is 8.45. The monoisotopic (exact) mass is 359 g/mol. The molecule has 1 aromatic rings. The Balaban J connectivity index is 1.81. The van der Waals surface area contributed by atoms with E-state index in [2.05, 4.69) is 10.2 Å². The molecule has 0 radical (unpaired) electrons. The zero-order chi connectivity index (χ0) is 17.0. The summed E-state index contributed by atoms with van der Waals surface area (Å²) >= 11 is 5.68. The number of carbonyl (C=O) groups is 1. The third-order valence-corrected chi connectivity index (χ3v) is 5.15. The molecule has 0 saturated carbocycles. The van der Waals surface area contributed by atoms with Gasteiger partial charge in [-0.15, -0.1) is 10.2 Å². The van der Waals surface area contributed by atoms with E-state index in [1.54, 1.807) is 17.0 Å². The first kappa shape index (κ1) is 18.1. The maximum Gasteiger partial charge on any atom is 0.410 e. The lowest BCUT2D eigenvalue weighted by molar-refractivity contribution is 0.0191. The summed E-state index contributed by atoms with van der Waals surface area (Å²) in [5, 5.41) is 8.31. The molecule has 1 aliphatic heterocycles. The highest BCUT2D eigenvalue weighted by molar-refractivity contribution is 7.84. The summed E-state index contributed by atoms with van der Waals surface area (Å²) < 4.78 is 17.7. The number of likely N-dealkylation sites (tertiary alicyclic amines) is 1. The number of hydrogen-bond donors (Lipinski definition) is 0. The van der Waals surface area contributed by atoms with Gasteiger partial charge in [-0.25, -0.2) is 4.79 Å². The highest BCUT2D eigenvalue weighted by Gasteiger charge is 2.27. The van der Waals surface area contributed by atoms with Gasteiger partial charge in [-0.05, 0) is 51.7 Å². The molecule has 0 aromatic carbocycles. The maximum absolute atomic E-state index is 12.3. The van der Waals surface area contributed by atoms with E-state index in [4.69, 9.17) is 16.3 Å². The Hall–Kier alpha value is -1.21. The van der Waals surface area contributed by atoms with Crippen molar-refractivity contribution in [1.82, 2.24) is 15.1 Å². The first-order chi connectivity index (χ1) is 10.7. The fraction of sp³-hybridized carbons (Fsp3) is 0.667. The number of ether oxygens (including phenoxy) is 1. The highest BCUT2D eigenvalue weighted by Crippen LogP contribution is 2.22. The number of piperidine rings is 1. The normalized spacial score (nSPS) is 17.8. The van der Waals surface area contributed by atoms with Gasteiger partial charge >= 0.3 is 6.09 Å². The number of aromatic nitrogens is 2. The maximum atomic E-state index is 12.3. The second kappa shape index (κ2) is 7.57. The lowest BCUT2D eigenvalue weighted by Crippen LogP contribution is -2.42. The summed E-state index contributed by atoms with van der Waals surface area (Å²) in [4.78, 5) is 13.7. The molecule has 128 valence electrons. The number of amides is 1. The Morgan fingerprint density at radius 1 is 1.35 bits per heavy atom. The Labute approximate surface area is 144 Å². The van der Waals surface area contributed by atoms with Gasteiger partial charge in [0.2, 0.25) is 0 Å². The largest absolute Gasteiger partial charge is 0.444 e. The summed E-state index contributed by atoms with van der Waals surface area (Å²) in [6.45, 7) is 6.82. The first-order valence-corrected chi connectivity index (χ1v) is 9.30. The summed E-state index contributed by atoms with van der Waals surface area (Å²) in [5.74, 6) is 0.824. The number of nitrogens with zero attached hydrogens (tertiary/aromatic N) is 3. The lowest BCUT2D eigenvalue weighted by Gasteiger charge is -2.33. The van der Waals surface area contributed by atoms with Crippen LogP contribution >= 0.6 is 11.6 Å². The Morgan fingerprint density at radius 3 is 2.52 bits per heavy atom. The second-order valence-electron chi connectivity index (χ2n) is 6.62. The lowest BCUT2D eigenvalue weighted by atomic mass is 9.99. The minimum atomic E-state index is -1.19. The van der Waals surface area contributed by atoms with Gasteiger partial charge in [-0.2, -0.15) is 0 Å². The summed E-state index contributed by atoms with van der Waals surface area (Å²) in [6.07, 6.45) is 1.35. The van der Waals surface area contributed by atoms with Crippen LogP contribution in [-0.4, -0.2) is 49.8 Å². The summed E-state index contributed by atoms with van der Waals surface area (Å²) in [7, 11) is -1.19. The van der Waals surface area contributed by atoms with Crippen molar-refractivity contribution in [2.24, 2.45) is 5.92 Å². The van der Waals surface area contributed by atoms with Crippen molar-refractivity contribution in [1.29, 1.82) is 0 Å². The van der Waals surface area contributed by atoms with Gasteiger partial charge in [0.15, 0.2) is 5.15 Å². The molecule has 1 aromatic heterocycles. The number of carbonyl (C=O) groups excluding carboxylic acids is 1. The molecule has 1 amide bonds. The number of hydrogen-bond acceptors (Lipinski definition) is 5. The molecule has 1 saturated heterocycles. The van der Waals surface area contributed by atoms with Gasteiger partial charge < -0.3 is 9.64 Å². The van der Waals surface area contributed by atoms with E-state index in [9.17, 15) is 9.00 Å². The molecule has 0 bridgehead atoms. The van der Waals surface area contributed by atoms with Crippen LogP contribution in [0.15, 0.2) is 17.2 Å². The van der Waals surface area contributed by atoms with Crippen molar-refractivity contribution < 1.29 is 13.7 Å². The van der Waals surface area contributed by atoms with Crippen LogP contribution in [0.3, 0.4) is 0 Å². The van der Waals surface area contributed by atoms with Crippen LogP contribution in [0.25, 0.3) is 0 Å². The average molecular weight is 360 g/mol. The topological polar surface area (TPSA) is 72.4 Å². The predicted octanol–water partition coefficient (Wildman–Crippen LogP) is 2.88. The van der Waals surface area contributed by atoms with Crippen LogP contribution in [0.5, 0.6) is 0 Å². The zero-order valence-electron chi connectivity index (χ0n) is 13.6. The van der Waals surface area contributed by atoms with E-state index >= 15 is 0 Å². The number of halogens is 1. The van der Waals surface area contributed by atoms with E-state index in [1.807, 2.05) is 20.8 Å². The predicted molar refractivity (Wildman–Crippen MR) is 88.8 cm³/mol. The van der Waals surface area contributed by atoms with Crippen LogP contribution in [0.4, 0.5) is 4.79 Å². The Morgan fingerprint density at radius 2 is 2.00 bits per heavy atom. The molecule has 2 heterocycles. The number of rotatable bonds is 3. The fourth-order valence-corrected chi connectivity index (χ4v) is 3.72. The fourth-order valence-electron chi connectivity index (χ4n) is 2.33. The van der Waals surface area contributed by atoms with Gasteiger partial charge in [0.25, 0.3) is 0 Å². The van der Waals surface area contributed by atoms with Crippen molar-refractivity contribution >= 4 is 28.5 Å². The van der Waals surface area contributed by atoms with Crippen LogP contribution in [0, 0.1) is 5.92 Å². The van der Waals surface area contributed by atoms with Crippen molar-refractivity contribution in [3.8, 4) is 0 Å². The van der Waals surface area contributed by atoms with Crippen LogP contribution in [-0.2, 0) is 15.5 Å². The molecule has 1 aliphatic rings. The van der Waals surface area contributed by atoms with Crippen LogP contribution < -0.4 is 0 Å². The molecule has 0 N–H and O–H groups in total. The minimum Gasteiger partial charge on any atom is -0.444 e. The Kier molecular flexibility index (Phi) is 5.97. The highest BCUT2D eigenvalue weighted by atomic mass is 35.5. The van der Waals surface area contributed by atoms with Crippen LogP contribution in [0.1, 0.15) is 33.6 Å². The molecule has 8 heteroatoms. The average Bonchev–Trinajstić information content (AvgIpc) is 2.46. The SMILES string of the molecule is CC(C)(C)OC(=O)N1CCC(C[S@](=O)c2ccc(Cl)nn2)CC1. The third-order valence-electron chi connectivity index (χ3n) is 3.49. The van der Waals surface area contributed by atoms with Crippen LogP contribution in [0.2, 0.25) is 5.15 Å². The Bertz CT molecular complexity index is 566. The standard InChI is InChI=1S/C15H22ClN3O3S/c1-15(2,3)22-14(20)19-8-6-11(7-9-19)10-23(21)13-5-4-12(16)17-18-13/h4-5,11H,6-10H2,1-3H3/t23-/m0/s1. The molecular weight excluding hydrogens is 338 g/mol. The molecule has 23 heavy (non-hydrogen) atoms. The molecule has 2 rings (SSSR count). The molecule has 1 atom stereocenters. The summed E-state index contributed by atoms with van der Waals surface area (Å²) in [6, 6.07) is 3.23. The van der Waals surface area contributed by atoms with Gasteiger partial charge in [0.1, 0.15) is 10.6 Å². The van der Waals surface area contributed by atoms with E-state index in [-0.39, 0.29) is 11.2 Å². The molecule has 6 nitrogen and oxygen atoms in total. The minimum absolute atomic E-state index is 0.277. The smallest absolute Gasteiger partial charge is 0.410 e. The quantitative estimate of drug-likeness (QED) is 0.829. The molecular formula is C15H22ClN3O3S. The van der Waals surface area contributed by atoms with E-state index < -0.39 is 16.4 Å². The molecule has 0 aliphatic carbocycles. The van der Waals surface area contributed by atoms with Gasteiger partial charge in [-0.1, -0.05) is 11.6 Å². The molecule has 0 spiro atoms. The van der Waals surface area contributed by atoms with Crippen molar-refractivity contribution in [3.05, 3.63) is 17.3 Å². The first-order valence-electron chi connectivity index (χ1n) is 7.60. The van der Waals surface area contributed by atoms with Crippen molar-refractivity contribution in [2.45, 2.75) is 44.2 Å². The van der Waals surface area contributed by atoms with Crippen molar-refractivity contribution in [3.63, 3.8) is 0 Å². The van der Waals surface area contributed by atoms with E-state index in [1.165, 1.54) is 0 Å². The van der Waals surface area contributed by atoms with Crippen molar-refractivity contribution in [2.75, 3.05) is 18.8 Å².